The van der Waals surface area contributed by atoms with Crippen molar-refractivity contribution in [2.75, 3.05) is 30.0 Å². The number of thioether (sulfide) groups is 1. The Labute approximate surface area is 130 Å². The molecule has 0 unspecified atom stereocenters. The summed E-state index contributed by atoms with van der Waals surface area (Å²) in [4.78, 5) is 8.91. The Balaban J connectivity index is 1.99. The van der Waals surface area contributed by atoms with Gasteiger partial charge in [0.15, 0.2) is 5.16 Å². The zero-order chi connectivity index (χ0) is 15.1. The Morgan fingerprint density at radius 3 is 2.48 bits per heavy atom. The molecular weight excluding hydrogens is 280 g/mol. The number of aromatic nitrogens is 2. The molecule has 0 spiro atoms. The summed E-state index contributed by atoms with van der Waals surface area (Å²) in [6.07, 6.45) is 2.98. The maximum atomic E-state index is 4.49. The van der Waals surface area contributed by atoms with Crippen molar-refractivity contribution in [3.63, 3.8) is 0 Å². The molecule has 0 aliphatic rings. The van der Waals surface area contributed by atoms with E-state index in [1.54, 1.807) is 11.8 Å². The van der Waals surface area contributed by atoms with E-state index in [4.69, 9.17) is 0 Å². The number of rotatable bonds is 7. The molecule has 5 heteroatoms. The summed E-state index contributed by atoms with van der Waals surface area (Å²) >= 11 is 1.55. The van der Waals surface area contributed by atoms with Gasteiger partial charge >= 0.3 is 0 Å². The summed E-state index contributed by atoms with van der Waals surface area (Å²) in [6, 6.07) is 10.4. The number of hydrogen-bond acceptors (Lipinski definition) is 5. The Morgan fingerprint density at radius 2 is 1.81 bits per heavy atom. The van der Waals surface area contributed by atoms with Crippen molar-refractivity contribution in [1.29, 1.82) is 0 Å². The molecule has 0 saturated heterocycles. The van der Waals surface area contributed by atoms with Crippen LogP contribution in [0, 0.1) is 6.92 Å². The number of hydrogen-bond donors (Lipinski definition) is 2. The first-order valence-corrected chi connectivity index (χ1v) is 8.40. The number of aryl methyl sites for hydroxylation is 1. The Hall–Kier alpha value is -1.75. The summed E-state index contributed by atoms with van der Waals surface area (Å²) in [7, 11) is 0. The Bertz CT molecular complexity index is 586. The van der Waals surface area contributed by atoms with Gasteiger partial charge < -0.3 is 10.6 Å². The van der Waals surface area contributed by atoms with Crippen LogP contribution in [0.5, 0.6) is 0 Å². The third-order valence-corrected chi connectivity index (χ3v) is 3.76. The molecule has 0 saturated carbocycles. The number of nitrogens with one attached hydrogen (secondary N) is 2. The molecule has 1 aromatic heterocycles. The van der Waals surface area contributed by atoms with Crippen LogP contribution in [0.1, 0.15) is 18.1 Å². The highest BCUT2D eigenvalue weighted by Crippen LogP contribution is 2.17. The summed E-state index contributed by atoms with van der Waals surface area (Å²) in [5.41, 5.74) is 2.70. The standard InChI is InChI=1S/C16H22N4S/c1-4-17-14-11-15(20-16(19-14)21-3)18-10-9-13-8-6-5-7-12(13)2/h5-8,11H,4,9-10H2,1-3H3,(H2,17,18,19,20). The van der Waals surface area contributed by atoms with Crippen LogP contribution >= 0.6 is 11.8 Å². The third-order valence-electron chi connectivity index (χ3n) is 3.21. The molecule has 0 atom stereocenters. The van der Waals surface area contributed by atoms with Gasteiger partial charge in [0.25, 0.3) is 0 Å². The summed E-state index contributed by atoms with van der Waals surface area (Å²) < 4.78 is 0. The first-order valence-electron chi connectivity index (χ1n) is 7.18. The van der Waals surface area contributed by atoms with E-state index in [2.05, 4.69) is 58.7 Å². The van der Waals surface area contributed by atoms with Crippen molar-refractivity contribution in [3.05, 3.63) is 41.5 Å². The van der Waals surface area contributed by atoms with Crippen LogP contribution < -0.4 is 10.6 Å². The molecule has 0 aliphatic heterocycles. The summed E-state index contributed by atoms with van der Waals surface area (Å²) in [5.74, 6) is 1.74. The lowest BCUT2D eigenvalue weighted by Crippen LogP contribution is -2.09. The van der Waals surface area contributed by atoms with Gasteiger partial charge in [-0.1, -0.05) is 36.0 Å². The minimum absolute atomic E-state index is 0.784. The Morgan fingerprint density at radius 1 is 1.10 bits per heavy atom. The second-order valence-electron chi connectivity index (χ2n) is 4.76. The van der Waals surface area contributed by atoms with Gasteiger partial charge in [-0.3, -0.25) is 0 Å². The highest BCUT2D eigenvalue weighted by atomic mass is 32.2. The highest BCUT2D eigenvalue weighted by molar-refractivity contribution is 7.98. The number of anilines is 2. The van der Waals surface area contributed by atoms with E-state index in [1.807, 2.05) is 12.3 Å². The first-order chi connectivity index (χ1) is 10.2. The first kappa shape index (κ1) is 15.6. The molecule has 0 radical (unpaired) electrons. The van der Waals surface area contributed by atoms with Crippen LogP contribution in [0.4, 0.5) is 11.6 Å². The number of benzene rings is 1. The highest BCUT2D eigenvalue weighted by Gasteiger charge is 2.04. The van der Waals surface area contributed by atoms with Crippen LogP contribution in [-0.4, -0.2) is 29.3 Å². The van der Waals surface area contributed by atoms with Crippen molar-refractivity contribution >= 4 is 23.4 Å². The molecule has 2 rings (SSSR count). The van der Waals surface area contributed by atoms with Crippen LogP contribution in [0.2, 0.25) is 0 Å². The van der Waals surface area contributed by atoms with Crippen molar-refractivity contribution in [2.45, 2.75) is 25.4 Å². The van der Waals surface area contributed by atoms with Gasteiger partial charge in [-0.2, -0.15) is 0 Å². The molecule has 1 heterocycles. The fourth-order valence-electron chi connectivity index (χ4n) is 2.09. The molecule has 2 aromatic rings. The largest absolute Gasteiger partial charge is 0.370 e. The molecular formula is C16H22N4S. The summed E-state index contributed by atoms with van der Waals surface area (Å²) in [6.45, 7) is 5.93. The van der Waals surface area contributed by atoms with Gasteiger partial charge in [0.1, 0.15) is 11.6 Å². The topological polar surface area (TPSA) is 49.8 Å². The lowest BCUT2D eigenvalue weighted by molar-refractivity contribution is 0.934. The van der Waals surface area contributed by atoms with Crippen LogP contribution in [-0.2, 0) is 6.42 Å². The molecule has 4 nitrogen and oxygen atoms in total. The maximum absolute atomic E-state index is 4.49. The van der Waals surface area contributed by atoms with Gasteiger partial charge in [0.2, 0.25) is 0 Å². The monoisotopic (exact) mass is 302 g/mol. The van der Waals surface area contributed by atoms with Crippen molar-refractivity contribution in [2.24, 2.45) is 0 Å². The van der Waals surface area contributed by atoms with Gasteiger partial charge in [-0.25, -0.2) is 9.97 Å². The zero-order valence-corrected chi connectivity index (χ0v) is 13.6. The van der Waals surface area contributed by atoms with Crippen molar-refractivity contribution in [1.82, 2.24) is 9.97 Å². The van der Waals surface area contributed by atoms with E-state index >= 15 is 0 Å². The average molecular weight is 302 g/mol. The SMILES string of the molecule is CCNc1cc(NCCc2ccccc2C)nc(SC)n1. The molecule has 0 fully saturated rings. The van der Waals surface area contributed by atoms with Crippen LogP contribution in [0.25, 0.3) is 0 Å². The minimum Gasteiger partial charge on any atom is -0.370 e. The van der Waals surface area contributed by atoms with E-state index in [1.165, 1.54) is 11.1 Å². The predicted molar refractivity (Wildman–Crippen MR) is 91.3 cm³/mol. The average Bonchev–Trinajstić information content (AvgIpc) is 2.49. The van der Waals surface area contributed by atoms with Gasteiger partial charge in [0, 0.05) is 19.2 Å². The van der Waals surface area contributed by atoms with Crippen LogP contribution in [0.3, 0.4) is 0 Å². The van der Waals surface area contributed by atoms with Gasteiger partial charge in [-0.05, 0) is 37.7 Å². The molecule has 0 amide bonds. The predicted octanol–water partition coefficient (Wildman–Crippen LogP) is 3.59. The van der Waals surface area contributed by atoms with E-state index < -0.39 is 0 Å². The third kappa shape index (κ3) is 4.63. The number of nitrogens with zero attached hydrogens (tertiary/aromatic N) is 2. The lowest BCUT2D eigenvalue weighted by atomic mass is 10.1. The van der Waals surface area contributed by atoms with Crippen molar-refractivity contribution in [3.8, 4) is 0 Å². The molecule has 112 valence electrons. The van der Waals surface area contributed by atoms with E-state index in [0.717, 1.165) is 36.3 Å². The molecule has 21 heavy (non-hydrogen) atoms. The molecule has 0 aliphatic carbocycles. The zero-order valence-electron chi connectivity index (χ0n) is 12.8. The minimum atomic E-state index is 0.784. The van der Waals surface area contributed by atoms with Crippen molar-refractivity contribution < 1.29 is 0 Å². The maximum Gasteiger partial charge on any atom is 0.191 e. The quantitative estimate of drug-likeness (QED) is 0.604. The molecule has 2 N–H and O–H groups in total. The second kappa shape index (κ2) is 7.88. The molecule has 0 bridgehead atoms. The van der Waals surface area contributed by atoms with E-state index in [-0.39, 0.29) is 0 Å². The Kier molecular flexibility index (Phi) is 5.87. The van der Waals surface area contributed by atoms with Gasteiger partial charge in [0.05, 0.1) is 0 Å². The molecule has 1 aromatic carbocycles. The lowest BCUT2D eigenvalue weighted by Gasteiger charge is -2.10. The fourth-order valence-corrected chi connectivity index (χ4v) is 2.47. The van der Waals surface area contributed by atoms with Gasteiger partial charge in [-0.15, -0.1) is 0 Å². The normalized spacial score (nSPS) is 10.4. The van der Waals surface area contributed by atoms with E-state index in [9.17, 15) is 0 Å². The second-order valence-corrected chi connectivity index (χ2v) is 5.53. The van der Waals surface area contributed by atoms with Crippen LogP contribution in [0.15, 0.2) is 35.5 Å². The fraction of sp³-hybridized carbons (Fsp3) is 0.375. The smallest absolute Gasteiger partial charge is 0.191 e. The van der Waals surface area contributed by atoms with E-state index in [0.29, 0.717) is 0 Å². The summed E-state index contributed by atoms with van der Waals surface area (Å²) in [5, 5.41) is 7.41.